The molecule has 0 unspecified atom stereocenters. The third-order valence-electron chi connectivity index (χ3n) is 4.98. The molecule has 1 amide bonds. The van der Waals surface area contributed by atoms with Crippen molar-refractivity contribution in [2.75, 3.05) is 12.4 Å². The normalized spacial score (nSPS) is 11.2. The second kappa shape index (κ2) is 12.2. The Hall–Kier alpha value is -3.16. The molecule has 1 N–H and O–H groups in total. The summed E-state index contributed by atoms with van der Waals surface area (Å²) in [6.45, 7) is 7.18. The molecule has 1 aromatic carbocycles. The Morgan fingerprint density at radius 1 is 1.06 bits per heavy atom. The minimum atomic E-state index is -1.04. The highest BCUT2D eigenvalue weighted by molar-refractivity contribution is 6.37. The number of hydrogen-bond donors (Lipinski definition) is 1. The van der Waals surface area contributed by atoms with Crippen LogP contribution in [0, 0.1) is 0 Å². The number of benzene rings is 1. The van der Waals surface area contributed by atoms with Gasteiger partial charge < -0.3 is 19.3 Å². The predicted octanol–water partition coefficient (Wildman–Crippen LogP) is 5.31. The second-order valence-electron chi connectivity index (χ2n) is 8.90. The predicted molar refractivity (Wildman–Crippen MR) is 125 cm³/mol. The van der Waals surface area contributed by atoms with Gasteiger partial charge in [-0.2, -0.15) is 0 Å². The number of rotatable bonds is 10. The molecule has 8 heteroatoms. The van der Waals surface area contributed by atoms with Gasteiger partial charge in [-0.05, 0) is 51.3 Å². The molecule has 0 bridgehead atoms. The highest BCUT2D eigenvalue weighted by Gasteiger charge is 2.25. The Balaban J connectivity index is 2.18. The molecular weight excluding hydrogens is 424 g/mol. The van der Waals surface area contributed by atoms with Gasteiger partial charge in [0.15, 0.2) is 0 Å². The van der Waals surface area contributed by atoms with Gasteiger partial charge >= 0.3 is 17.8 Å². The number of ether oxygens (including phenoxy) is 2. The maximum Gasteiger partial charge on any atom is 0.397 e. The standard InChI is InChI=1S/C25H34N2O6/c1-6-7-8-9-10-11-12-21-19(16-32-27-21)17-13-14-20(18(15-17)23(29)31-5)26-22(28)24(30)33-25(2,3)4/h13-16H,6-12H2,1-5H3,(H,26,28). The Labute approximate surface area is 195 Å². The molecule has 2 rings (SSSR count). The summed E-state index contributed by atoms with van der Waals surface area (Å²) in [6, 6.07) is 4.87. The molecule has 0 radical (unpaired) electrons. The van der Waals surface area contributed by atoms with Crippen LogP contribution >= 0.6 is 0 Å². The number of carbonyl (C=O) groups excluding carboxylic acids is 3. The van der Waals surface area contributed by atoms with E-state index in [2.05, 4.69) is 17.4 Å². The summed E-state index contributed by atoms with van der Waals surface area (Å²) in [4.78, 5) is 36.7. The van der Waals surface area contributed by atoms with Crippen LogP contribution in [0.25, 0.3) is 11.1 Å². The minimum Gasteiger partial charge on any atom is -0.465 e. The van der Waals surface area contributed by atoms with Gasteiger partial charge in [0.1, 0.15) is 11.9 Å². The van der Waals surface area contributed by atoms with Gasteiger partial charge in [0, 0.05) is 5.56 Å². The second-order valence-corrected chi connectivity index (χ2v) is 8.90. The summed E-state index contributed by atoms with van der Waals surface area (Å²) >= 11 is 0. The van der Waals surface area contributed by atoms with E-state index in [0.29, 0.717) is 5.56 Å². The zero-order chi connectivity index (χ0) is 24.4. The highest BCUT2D eigenvalue weighted by atomic mass is 16.6. The monoisotopic (exact) mass is 458 g/mol. The van der Waals surface area contributed by atoms with E-state index in [0.717, 1.165) is 30.5 Å². The lowest BCUT2D eigenvalue weighted by atomic mass is 9.99. The number of nitrogens with one attached hydrogen (secondary N) is 1. The summed E-state index contributed by atoms with van der Waals surface area (Å²) in [5.41, 5.74) is 1.73. The topological polar surface area (TPSA) is 108 Å². The molecular formula is C25H34N2O6. The van der Waals surface area contributed by atoms with Crippen LogP contribution in [0.15, 0.2) is 29.0 Å². The first kappa shape index (κ1) is 26.1. The summed E-state index contributed by atoms with van der Waals surface area (Å²) in [5, 5.41) is 6.57. The van der Waals surface area contributed by atoms with Gasteiger partial charge in [-0.15, -0.1) is 0 Å². The van der Waals surface area contributed by atoms with Crippen molar-refractivity contribution in [2.24, 2.45) is 0 Å². The van der Waals surface area contributed by atoms with Gasteiger partial charge in [-0.25, -0.2) is 9.59 Å². The van der Waals surface area contributed by atoms with Crippen LogP contribution in [0.1, 0.15) is 82.3 Å². The van der Waals surface area contributed by atoms with E-state index in [1.54, 1.807) is 45.2 Å². The van der Waals surface area contributed by atoms with Crippen molar-refractivity contribution in [1.82, 2.24) is 5.16 Å². The third kappa shape index (κ3) is 8.04. The lowest BCUT2D eigenvalue weighted by Gasteiger charge is -2.19. The van der Waals surface area contributed by atoms with Crippen molar-refractivity contribution < 1.29 is 28.4 Å². The number of anilines is 1. The number of hydrogen-bond acceptors (Lipinski definition) is 7. The smallest absolute Gasteiger partial charge is 0.397 e. The maximum absolute atomic E-state index is 12.4. The molecule has 0 aliphatic heterocycles. The zero-order valence-corrected chi connectivity index (χ0v) is 20.2. The largest absolute Gasteiger partial charge is 0.465 e. The van der Waals surface area contributed by atoms with Crippen molar-refractivity contribution in [1.29, 1.82) is 0 Å². The van der Waals surface area contributed by atoms with Crippen LogP contribution in [0.4, 0.5) is 5.69 Å². The van der Waals surface area contributed by atoms with E-state index in [9.17, 15) is 14.4 Å². The van der Waals surface area contributed by atoms with Crippen LogP contribution in [0.3, 0.4) is 0 Å². The molecule has 1 aromatic heterocycles. The number of aryl methyl sites for hydroxylation is 1. The lowest BCUT2D eigenvalue weighted by molar-refractivity contribution is -0.161. The molecule has 2 aromatic rings. The van der Waals surface area contributed by atoms with Gasteiger partial charge in [0.25, 0.3) is 0 Å². The van der Waals surface area contributed by atoms with Gasteiger partial charge in [0.2, 0.25) is 0 Å². The van der Waals surface area contributed by atoms with E-state index in [-0.39, 0.29) is 11.3 Å². The van der Waals surface area contributed by atoms with E-state index >= 15 is 0 Å². The molecule has 0 atom stereocenters. The van der Waals surface area contributed by atoms with Crippen LogP contribution in [0.2, 0.25) is 0 Å². The molecule has 0 spiro atoms. The highest BCUT2D eigenvalue weighted by Crippen LogP contribution is 2.29. The average Bonchev–Trinajstić information content (AvgIpc) is 3.23. The summed E-state index contributed by atoms with van der Waals surface area (Å²) in [5.74, 6) is -2.66. The first-order chi connectivity index (χ1) is 15.7. The molecule has 0 aliphatic carbocycles. The fourth-order valence-corrected chi connectivity index (χ4v) is 3.35. The molecule has 0 saturated carbocycles. The minimum absolute atomic E-state index is 0.110. The van der Waals surface area contributed by atoms with E-state index in [1.165, 1.54) is 32.8 Å². The fourth-order valence-electron chi connectivity index (χ4n) is 3.35. The Bertz CT molecular complexity index is 958. The Morgan fingerprint density at radius 2 is 1.76 bits per heavy atom. The molecule has 1 heterocycles. The van der Waals surface area contributed by atoms with Gasteiger partial charge in [-0.1, -0.05) is 50.3 Å². The van der Waals surface area contributed by atoms with E-state index in [1.807, 2.05) is 0 Å². The fraction of sp³-hybridized carbons (Fsp3) is 0.520. The molecule has 33 heavy (non-hydrogen) atoms. The molecule has 0 fully saturated rings. The number of unbranched alkanes of at least 4 members (excludes halogenated alkanes) is 5. The Kier molecular flexibility index (Phi) is 9.63. The van der Waals surface area contributed by atoms with Crippen LogP contribution in [-0.4, -0.2) is 35.7 Å². The van der Waals surface area contributed by atoms with Crippen LogP contribution in [-0.2, 0) is 25.5 Å². The average molecular weight is 459 g/mol. The number of amides is 1. The van der Waals surface area contributed by atoms with E-state index < -0.39 is 23.4 Å². The molecule has 180 valence electrons. The van der Waals surface area contributed by atoms with Crippen molar-refractivity contribution >= 4 is 23.5 Å². The van der Waals surface area contributed by atoms with Crippen LogP contribution < -0.4 is 5.32 Å². The first-order valence-corrected chi connectivity index (χ1v) is 11.4. The van der Waals surface area contributed by atoms with Crippen LogP contribution in [0.5, 0.6) is 0 Å². The first-order valence-electron chi connectivity index (χ1n) is 11.4. The van der Waals surface area contributed by atoms with Crippen molar-refractivity contribution in [2.45, 2.75) is 78.2 Å². The number of aromatic nitrogens is 1. The van der Waals surface area contributed by atoms with Crippen molar-refractivity contribution in [3.63, 3.8) is 0 Å². The number of nitrogens with zero attached hydrogens (tertiary/aromatic N) is 1. The Morgan fingerprint density at radius 3 is 2.42 bits per heavy atom. The SMILES string of the molecule is CCCCCCCCc1nocc1-c1ccc(NC(=O)C(=O)OC(C)(C)C)c(C(=O)OC)c1. The maximum atomic E-state index is 12.4. The molecule has 0 aliphatic rings. The number of esters is 2. The number of methoxy groups -OCH3 is 1. The quantitative estimate of drug-likeness (QED) is 0.292. The molecule has 8 nitrogen and oxygen atoms in total. The summed E-state index contributed by atoms with van der Waals surface area (Å²) in [6.07, 6.45) is 9.32. The van der Waals surface area contributed by atoms with Gasteiger partial charge in [-0.3, -0.25) is 4.79 Å². The van der Waals surface area contributed by atoms with E-state index in [4.69, 9.17) is 14.0 Å². The van der Waals surface area contributed by atoms with Gasteiger partial charge in [0.05, 0.1) is 24.1 Å². The number of carbonyl (C=O) groups is 3. The van der Waals surface area contributed by atoms with Crippen molar-refractivity contribution in [3.8, 4) is 11.1 Å². The summed E-state index contributed by atoms with van der Waals surface area (Å²) < 4.78 is 15.1. The zero-order valence-electron chi connectivity index (χ0n) is 20.2. The summed E-state index contributed by atoms with van der Waals surface area (Å²) in [7, 11) is 1.25. The van der Waals surface area contributed by atoms with Crippen molar-refractivity contribution in [3.05, 3.63) is 35.7 Å². The molecule has 0 saturated heterocycles. The third-order valence-corrected chi connectivity index (χ3v) is 4.98. The lowest BCUT2D eigenvalue weighted by Crippen LogP contribution is -2.33.